The molecule has 122 valence electrons. The van der Waals surface area contributed by atoms with Crippen LogP contribution in [-0.2, 0) is 0 Å². The van der Waals surface area contributed by atoms with E-state index in [1.165, 1.54) is 12.3 Å². The number of hydrogen-bond acceptors (Lipinski definition) is 8. The van der Waals surface area contributed by atoms with Crippen LogP contribution < -0.4 is 5.73 Å². The third-order valence-corrected chi connectivity index (χ3v) is 3.40. The summed E-state index contributed by atoms with van der Waals surface area (Å²) in [7, 11) is 0. The Labute approximate surface area is 135 Å². The van der Waals surface area contributed by atoms with Crippen molar-refractivity contribution >= 4 is 17.9 Å². The first kappa shape index (κ1) is 15.3. The maximum Gasteiger partial charge on any atom is 0.272 e. The number of nitrogens with zero attached hydrogens (tertiary/aromatic N) is 6. The van der Waals surface area contributed by atoms with Gasteiger partial charge in [-0.05, 0) is 48.0 Å². The van der Waals surface area contributed by atoms with Crippen molar-refractivity contribution in [1.29, 1.82) is 0 Å². The van der Waals surface area contributed by atoms with E-state index in [1.807, 2.05) is 0 Å². The molecule has 0 aliphatic heterocycles. The topological polar surface area (TPSA) is 138 Å². The lowest BCUT2D eigenvalue weighted by atomic mass is 10.0. The quantitative estimate of drug-likeness (QED) is 0.438. The van der Waals surface area contributed by atoms with Crippen molar-refractivity contribution < 1.29 is 9.34 Å². The molecule has 2 N–H and O–H groups in total. The summed E-state index contributed by atoms with van der Waals surface area (Å²) in [6.07, 6.45) is 1.42. The Balaban J connectivity index is 1.91. The highest BCUT2D eigenvalue weighted by Gasteiger charge is 2.16. The molecule has 24 heavy (non-hydrogen) atoms. The van der Waals surface area contributed by atoms with Gasteiger partial charge >= 0.3 is 0 Å². The number of nitrogen functional groups attached to an aromatic ring is 1. The Morgan fingerprint density at radius 3 is 2.79 bits per heavy atom. The summed E-state index contributed by atoms with van der Waals surface area (Å²) in [5.41, 5.74) is 7.67. The van der Waals surface area contributed by atoms with Gasteiger partial charge in [0.05, 0.1) is 11.1 Å². The zero-order valence-corrected chi connectivity index (χ0v) is 12.9. The van der Waals surface area contributed by atoms with Crippen molar-refractivity contribution in [3.8, 4) is 11.3 Å². The van der Waals surface area contributed by atoms with Crippen LogP contribution in [0.25, 0.3) is 11.3 Å². The Hall–Kier alpha value is -3.56. The second-order valence-electron chi connectivity index (χ2n) is 5.08. The number of hydrogen-bond donors (Lipinski definition) is 1. The molecule has 0 atom stereocenters. The number of aromatic nitrogens is 4. The minimum Gasteiger partial charge on any atom is -0.455 e. The molecule has 10 nitrogen and oxygen atoms in total. The van der Waals surface area contributed by atoms with Gasteiger partial charge in [-0.3, -0.25) is 10.1 Å². The van der Waals surface area contributed by atoms with E-state index in [-0.39, 0.29) is 11.6 Å². The monoisotopic (exact) mass is 327 g/mol. The van der Waals surface area contributed by atoms with Crippen LogP contribution in [0.1, 0.15) is 16.9 Å². The van der Waals surface area contributed by atoms with E-state index in [1.54, 1.807) is 32.0 Å². The molecule has 0 saturated heterocycles. The van der Waals surface area contributed by atoms with Crippen molar-refractivity contribution in [2.24, 2.45) is 5.10 Å². The lowest BCUT2D eigenvalue weighted by molar-refractivity contribution is -0.385. The van der Waals surface area contributed by atoms with Gasteiger partial charge in [0.2, 0.25) is 0 Å². The van der Waals surface area contributed by atoms with Gasteiger partial charge in [0.1, 0.15) is 11.5 Å². The van der Waals surface area contributed by atoms with Gasteiger partial charge in [-0.2, -0.15) is 5.10 Å². The number of nitrogens with two attached hydrogens (primary N) is 1. The van der Waals surface area contributed by atoms with Crippen LogP contribution in [0.4, 0.5) is 11.6 Å². The molecule has 0 aliphatic rings. The molecule has 0 radical (unpaired) electrons. The Kier molecular flexibility index (Phi) is 3.78. The first-order valence-electron chi connectivity index (χ1n) is 6.90. The van der Waals surface area contributed by atoms with Crippen molar-refractivity contribution in [2.45, 2.75) is 13.8 Å². The largest absolute Gasteiger partial charge is 0.455 e. The van der Waals surface area contributed by atoms with Crippen LogP contribution in [-0.4, -0.2) is 31.5 Å². The highest BCUT2D eigenvalue weighted by atomic mass is 16.6. The molecule has 0 bridgehead atoms. The molecule has 0 spiro atoms. The van der Waals surface area contributed by atoms with Crippen LogP contribution in [0.2, 0.25) is 0 Å². The van der Waals surface area contributed by atoms with E-state index in [4.69, 9.17) is 10.2 Å². The predicted octanol–water partition coefficient (Wildman–Crippen LogP) is 1.92. The zero-order chi connectivity index (χ0) is 17.3. The van der Waals surface area contributed by atoms with Gasteiger partial charge < -0.3 is 10.2 Å². The van der Waals surface area contributed by atoms with Crippen LogP contribution in [0.15, 0.2) is 33.8 Å². The maximum atomic E-state index is 11.0. The SMILES string of the molecule is Cc1cc([N+](=O)[O-])c(C)cc1-c1ccc(/C=N\n2nnnc2N)o1. The second-order valence-corrected chi connectivity index (χ2v) is 5.08. The molecule has 0 aliphatic carbocycles. The number of nitro groups is 1. The zero-order valence-electron chi connectivity index (χ0n) is 12.9. The summed E-state index contributed by atoms with van der Waals surface area (Å²) in [5, 5.41) is 25.4. The molecule has 1 aromatic carbocycles. The number of aryl methyl sites for hydroxylation is 2. The fraction of sp³-hybridized carbons (Fsp3) is 0.143. The van der Waals surface area contributed by atoms with Crippen LogP contribution >= 0.6 is 0 Å². The Bertz CT molecular complexity index is 942. The highest BCUT2D eigenvalue weighted by Crippen LogP contribution is 2.30. The summed E-state index contributed by atoms with van der Waals surface area (Å²) in [6, 6.07) is 6.74. The average molecular weight is 327 g/mol. The summed E-state index contributed by atoms with van der Waals surface area (Å²) in [4.78, 5) is 11.6. The van der Waals surface area contributed by atoms with Gasteiger partial charge in [0, 0.05) is 17.2 Å². The predicted molar refractivity (Wildman–Crippen MR) is 85.5 cm³/mol. The summed E-state index contributed by atoms with van der Waals surface area (Å²) >= 11 is 0. The molecule has 2 heterocycles. The number of anilines is 1. The van der Waals surface area contributed by atoms with Crippen LogP contribution in [0.3, 0.4) is 0 Å². The third-order valence-electron chi connectivity index (χ3n) is 3.40. The normalized spacial score (nSPS) is 11.2. The van der Waals surface area contributed by atoms with Gasteiger partial charge in [-0.1, -0.05) is 9.89 Å². The molecular formula is C14H13N7O3. The summed E-state index contributed by atoms with van der Waals surface area (Å²) in [5.74, 6) is 1.10. The smallest absolute Gasteiger partial charge is 0.272 e. The molecule has 0 amide bonds. The second kappa shape index (κ2) is 5.91. The minimum atomic E-state index is -0.400. The van der Waals surface area contributed by atoms with Crippen molar-refractivity contribution in [3.63, 3.8) is 0 Å². The first-order valence-corrected chi connectivity index (χ1v) is 6.90. The van der Waals surface area contributed by atoms with E-state index in [9.17, 15) is 10.1 Å². The van der Waals surface area contributed by atoms with Crippen LogP contribution in [0, 0.1) is 24.0 Å². The Morgan fingerprint density at radius 2 is 2.12 bits per heavy atom. The van der Waals surface area contributed by atoms with Gasteiger partial charge in [-0.25, -0.2) is 0 Å². The number of rotatable bonds is 4. The molecule has 0 unspecified atom stereocenters. The number of benzene rings is 1. The Morgan fingerprint density at radius 1 is 1.33 bits per heavy atom. The number of nitro benzene ring substituents is 1. The molecule has 3 rings (SSSR count). The fourth-order valence-corrected chi connectivity index (χ4v) is 2.21. The number of furan rings is 1. The lowest BCUT2D eigenvalue weighted by Gasteiger charge is -2.05. The molecule has 3 aromatic rings. The van der Waals surface area contributed by atoms with Gasteiger partial charge in [0.25, 0.3) is 11.6 Å². The van der Waals surface area contributed by atoms with E-state index in [0.29, 0.717) is 17.1 Å². The molecule has 0 saturated carbocycles. The number of tetrazole rings is 1. The molecule has 0 fully saturated rings. The molecule has 10 heteroatoms. The van der Waals surface area contributed by atoms with E-state index < -0.39 is 4.92 Å². The van der Waals surface area contributed by atoms with Gasteiger partial charge in [0.15, 0.2) is 0 Å². The highest BCUT2D eigenvalue weighted by molar-refractivity contribution is 5.78. The molecular weight excluding hydrogens is 314 g/mol. The van der Waals surface area contributed by atoms with E-state index in [0.717, 1.165) is 15.9 Å². The van der Waals surface area contributed by atoms with Crippen LogP contribution in [0.5, 0.6) is 0 Å². The van der Waals surface area contributed by atoms with E-state index >= 15 is 0 Å². The first-order chi connectivity index (χ1) is 11.5. The van der Waals surface area contributed by atoms with Crippen molar-refractivity contribution in [2.75, 3.05) is 5.73 Å². The summed E-state index contributed by atoms with van der Waals surface area (Å²) in [6.45, 7) is 3.48. The van der Waals surface area contributed by atoms with Gasteiger partial charge in [-0.15, -0.1) is 0 Å². The van der Waals surface area contributed by atoms with E-state index in [2.05, 4.69) is 20.6 Å². The third kappa shape index (κ3) is 2.84. The fourth-order valence-electron chi connectivity index (χ4n) is 2.21. The van der Waals surface area contributed by atoms with Crippen molar-refractivity contribution in [1.82, 2.24) is 20.3 Å². The summed E-state index contributed by atoms with van der Waals surface area (Å²) < 4.78 is 5.70. The standard InChI is InChI=1S/C14H13N7O3/c1-8-6-12(21(22)23)9(2)5-11(8)13-4-3-10(24-13)7-16-20-14(15)17-18-19-20/h3-7H,1-2H3,(H2,15,17,19)/b16-7-. The maximum absolute atomic E-state index is 11.0. The lowest BCUT2D eigenvalue weighted by Crippen LogP contribution is -1.99. The van der Waals surface area contributed by atoms with Crippen molar-refractivity contribution in [3.05, 3.63) is 51.3 Å². The minimum absolute atomic E-state index is 0.0554. The molecule has 2 aromatic heterocycles. The average Bonchev–Trinajstić information content (AvgIpc) is 3.16.